The summed E-state index contributed by atoms with van der Waals surface area (Å²) in [5, 5.41) is 22.9. The van der Waals surface area contributed by atoms with Crippen molar-refractivity contribution < 1.29 is 14.8 Å². The number of nitrogens with zero attached hydrogens (tertiary/aromatic N) is 2. The summed E-state index contributed by atoms with van der Waals surface area (Å²) in [6.07, 6.45) is 2.85. The Morgan fingerprint density at radius 1 is 1.60 bits per heavy atom. The van der Waals surface area contributed by atoms with E-state index >= 15 is 0 Å². The minimum absolute atomic E-state index is 0.0250. The zero-order valence-corrected chi connectivity index (χ0v) is 11.3. The molecule has 0 bridgehead atoms. The van der Waals surface area contributed by atoms with Crippen molar-refractivity contribution in [2.24, 2.45) is 5.92 Å². The highest BCUT2D eigenvalue weighted by atomic mass is 35.5. The molecule has 0 saturated heterocycles. The molecule has 108 valence electrons. The van der Waals surface area contributed by atoms with Crippen LogP contribution < -0.4 is 5.32 Å². The molecular formula is C12H14ClN3O4. The summed E-state index contributed by atoms with van der Waals surface area (Å²) < 4.78 is 0. The van der Waals surface area contributed by atoms with Gasteiger partial charge in [-0.1, -0.05) is 11.6 Å². The van der Waals surface area contributed by atoms with Gasteiger partial charge in [-0.3, -0.25) is 14.9 Å². The number of rotatable bonds is 4. The fourth-order valence-electron chi connectivity index (χ4n) is 2.32. The second kappa shape index (κ2) is 6.15. The molecule has 1 aromatic heterocycles. The number of hydrogen-bond donors (Lipinski definition) is 2. The number of carbonyl (C=O) groups excluding carboxylic acids is 1. The van der Waals surface area contributed by atoms with E-state index in [1.165, 1.54) is 6.07 Å². The van der Waals surface area contributed by atoms with Crippen LogP contribution in [0.2, 0.25) is 5.15 Å². The lowest BCUT2D eigenvalue weighted by Crippen LogP contribution is -2.29. The maximum absolute atomic E-state index is 12.0. The maximum Gasteiger partial charge on any atom is 0.300 e. The van der Waals surface area contributed by atoms with Crippen molar-refractivity contribution in [3.8, 4) is 0 Å². The first-order valence-electron chi connectivity index (χ1n) is 6.23. The highest BCUT2D eigenvalue weighted by Gasteiger charge is 2.25. The summed E-state index contributed by atoms with van der Waals surface area (Å²) in [6.45, 7) is 0.382. The topological polar surface area (TPSA) is 105 Å². The third-order valence-corrected chi connectivity index (χ3v) is 3.56. The summed E-state index contributed by atoms with van der Waals surface area (Å²) >= 11 is 5.67. The zero-order valence-electron chi connectivity index (χ0n) is 10.6. The summed E-state index contributed by atoms with van der Waals surface area (Å²) in [6, 6.07) is 1.18. The third-order valence-electron chi connectivity index (χ3n) is 3.36. The number of pyridine rings is 1. The van der Waals surface area contributed by atoms with Crippen molar-refractivity contribution >= 4 is 23.2 Å². The Morgan fingerprint density at radius 3 is 2.95 bits per heavy atom. The van der Waals surface area contributed by atoms with Gasteiger partial charge in [0.05, 0.1) is 11.0 Å². The molecule has 2 atom stereocenters. The van der Waals surface area contributed by atoms with Crippen molar-refractivity contribution in [3.63, 3.8) is 0 Å². The highest BCUT2D eigenvalue weighted by Crippen LogP contribution is 2.25. The molecule has 1 aliphatic carbocycles. The van der Waals surface area contributed by atoms with E-state index in [9.17, 15) is 20.0 Å². The molecule has 1 fully saturated rings. The standard InChI is InChI=1S/C12H14ClN3O4/c13-11-4-9(10(6-14-11)16(19)20)12(18)15-5-7-1-2-8(17)3-7/h4,6-8,17H,1-3,5H2,(H,15,18). The number of hydrogen-bond acceptors (Lipinski definition) is 5. The van der Waals surface area contributed by atoms with Crippen LogP contribution >= 0.6 is 11.6 Å². The monoisotopic (exact) mass is 299 g/mol. The molecule has 1 amide bonds. The molecule has 2 N–H and O–H groups in total. The molecule has 0 aromatic carbocycles. The van der Waals surface area contributed by atoms with Crippen LogP contribution in [0.1, 0.15) is 29.6 Å². The van der Waals surface area contributed by atoms with Crippen LogP contribution in [0.3, 0.4) is 0 Å². The summed E-state index contributed by atoms with van der Waals surface area (Å²) in [5.41, 5.74) is -0.480. The van der Waals surface area contributed by atoms with E-state index in [-0.39, 0.29) is 28.4 Å². The molecule has 0 spiro atoms. The molecule has 1 heterocycles. The van der Waals surface area contributed by atoms with E-state index in [1.807, 2.05) is 0 Å². The Morgan fingerprint density at radius 2 is 2.35 bits per heavy atom. The van der Waals surface area contributed by atoms with Gasteiger partial charge in [0, 0.05) is 6.54 Å². The fraction of sp³-hybridized carbons (Fsp3) is 0.500. The van der Waals surface area contributed by atoms with Gasteiger partial charge in [0.1, 0.15) is 16.9 Å². The van der Waals surface area contributed by atoms with Crippen molar-refractivity contribution in [2.75, 3.05) is 6.54 Å². The van der Waals surface area contributed by atoms with E-state index in [0.29, 0.717) is 13.0 Å². The predicted molar refractivity (Wildman–Crippen MR) is 71.6 cm³/mol. The first-order valence-corrected chi connectivity index (χ1v) is 6.61. The number of aliphatic hydroxyl groups excluding tert-OH is 1. The van der Waals surface area contributed by atoms with E-state index in [1.54, 1.807) is 0 Å². The molecule has 2 rings (SSSR count). The summed E-state index contributed by atoms with van der Waals surface area (Å²) in [5.74, 6) is -0.354. The number of nitro groups is 1. The van der Waals surface area contributed by atoms with Crippen LogP contribution in [0, 0.1) is 16.0 Å². The van der Waals surface area contributed by atoms with Crippen molar-refractivity contribution in [2.45, 2.75) is 25.4 Å². The van der Waals surface area contributed by atoms with Gasteiger partial charge >= 0.3 is 0 Å². The molecule has 7 nitrogen and oxygen atoms in total. The van der Waals surface area contributed by atoms with Crippen molar-refractivity contribution in [1.82, 2.24) is 10.3 Å². The number of aliphatic hydroxyl groups is 1. The van der Waals surface area contributed by atoms with E-state index < -0.39 is 10.8 Å². The van der Waals surface area contributed by atoms with Gasteiger partial charge < -0.3 is 10.4 Å². The minimum atomic E-state index is -0.669. The number of halogens is 1. The quantitative estimate of drug-likeness (QED) is 0.498. The minimum Gasteiger partial charge on any atom is -0.393 e. The predicted octanol–water partition coefficient (Wildman–Crippen LogP) is 1.53. The lowest BCUT2D eigenvalue weighted by molar-refractivity contribution is -0.385. The van der Waals surface area contributed by atoms with Crippen molar-refractivity contribution in [1.29, 1.82) is 0 Å². The SMILES string of the molecule is O=C(NCC1CCC(O)C1)c1cc(Cl)ncc1[N+](=O)[O-]. The Bertz CT molecular complexity index is 537. The second-order valence-corrected chi connectivity index (χ2v) is 5.21. The number of nitrogens with one attached hydrogen (secondary N) is 1. The fourth-order valence-corrected chi connectivity index (χ4v) is 2.47. The number of amides is 1. The number of aromatic nitrogens is 1. The van der Waals surface area contributed by atoms with Crippen molar-refractivity contribution in [3.05, 3.63) is 33.1 Å². The van der Waals surface area contributed by atoms with E-state index in [4.69, 9.17) is 11.6 Å². The summed E-state index contributed by atoms with van der Waals surface area (Å²) in [7, 11) is 0. The molecule has 1 aromatic rings. The molecule has 2 unspecified atom stereocenters. The van der Waals surface area contributed by atoms with E-state index in [2.05, 4.69) is 10.3 Å². The molecule has 0 aliphatic heterocycles. The normalized spacial score (nSPS) is 21.7. The van der Waals surface area contributed by atoms with Crippen LogP contribution in [-0.4, -0.2) is 33.6 Å². The lowest BCUT2D eigenvalue weighted by atomic mass is 10.1. The van der Waals surface area contributed by atoms with Gasteiger partial charge in [0.15, 0.2) is 0 Å². The Balaban J connectivity index is 2.05. The largest absolute Gasteiger partial charge is 0.393 e. The molecule has 1 aliphatic rings. The Hall–Kier alpha value is -1.73. The zero-order chi connectivity index (χ0) is 14.7. The third kappa shape index (κ3) is 3.43. The highest BCUT2D eigenvalue weighted by molar-refractivity contribution is 6.29. The van der Waals surface area contributed by atoms with Crippen LogP contribution in [-0.2, 0) is 0 Å². The van der Waals surface area contributed by atoms with Crippen LogP contribution in [0.4, 0.5) is 5.69 Å². The van der Waals surface area contributed by atoms with Crippen LogP contribution in [0.25, 0.3) is 0 Å². The second-order valence-electron chi connectivity index (χ2n) is 4.82. The average molecular weight is 300 g/mol. The van der Waals surface area contributed by atoms with E-state index in [0.717, 1.165) is 19.0 Å². The summed E-state index contributed by atoms with van der Waals surface area (Å²) in [4.78, 5) is 25.8. The van der Waals surface area contributed by atoms with Gasteiger partial charge in [-0.15, -0.1) is 0 Å². The molecule has 1 saturated carbocycles. The smallest absolute Gasteiger partial charge is 0.300 e. The van der Waals surface area contributed by atoms with Gasteiger partial charge in [-0.2, -0.15) is 0 Å². The maximum atomic E-state index is 12.0. The number of carbonyl (C=O) groups is 1. The van der Waals surface area contributed by atoms with Gasteiger partial charge in [-0.05, 0) is 31.2 Å². The molecule has 8 heteroatoms. The molecule has 20 heavy (non-hydrogen) atoms. The van der Waals surface area contributed by atoms with Gasteiger partial charge in [0.2, 0.25) is 0 Å². The van der Waals surface area contributed by atoms with Gasteiger partial charge in [-0.25, -0.2) is 4.98 Å². The first kappa shape index (κ1) is 14.7. The Labute approximate surface area is 120 Å². The Kier molecular flexibility index (Phi) is 4.51. The van der Waals surface area contributed by atoms with Crippen LogP contribution in [0.5, 0.6) is 0 Å². The first-order chi connectivity index (χ1) is 9.47. The van der Waals surface area contributed by atoms with Crippen LogP contribution in [0.15, 0.2) is 12.3 Å². The average Bonchev–Trinajstić information content (AvgIpc) is 2.81. The molecular weight excluding hydrogens is 286 g/mol. The lowest BCUT2D eigenvalue weighted by Gasteiger charge is -2.11. The van der Waals surface area contributed by atoms with Gasteiger partial charge in [0.25, 0.3) is 11.6 Å². The molecule has 0 radical (unpaired) electrons.